The van der Waals surface area contributed by atoms with Crippen molar-refractivity contribution >= 4 is 21.5 Å². The first-order chi connectivity index (χ1) is 11.4. The second-order valence-electron chi connectivity index (χ2n) is 5.24. The van der Waals surface area contributed by atoms with E-state index < -0.39 is 10.1 Å². The summed E-state index contributed by atoms with van der Waals surface area (Å²) in [7, 11) is -3.76. The maximum absolute atomic E-state index is 12.1. The molecule has 0 aliphatic heterocycles. The van der Waals surface area contributed by atoms with Crippen LogP contribution in [0.15, 0.2) is 45.0 Å². The highest BCUT2D eigenvalue weighted by Crippen LogP contribution is 2.33. The molecule has 0 saturated carbocycles. The number of oxazole rings is 1. The summed E-state index contributed by atoms with van der Waals surface area (Å²) < 4.78 is 34.9. The van der Waals surface area contributed by atoms with Gasteiger partial charge in [-0.1, -0.05) is 12.1 Å². The molecule has 0 radical (unpaired) electrons. The van der Waals surface area contributed by atoms with Crippen LogP contribution in [-0.2, 0) is 14.3 Å². The second-order valence-corrected chi connectivity index (χ2v) is 7.80. The summed E-state index contributed by atoms with van der Waals surface area (Å²) in [5.74, 6) is 1.18. The van der Waals surface area contributed by atoms with Gasteiger partial charge in [0.2, 0.25) is 5.89 Å². The van der Waals surface area contributed by atoms with Crippen LogP contribution in [0.2, 0.25) is 0 Å². The third-order valence-corrected chi connectivity index (χ3v) is 5.79. The highest BCUT2D eigenvalue weighted by atomic mass is 32.2. The van der Waals surface area contributed by atoms with E-state index in [-0.39, 0.29) is 11.5 Å². The molecule has 3 aromatic rings. The molecule has 0 aliphatic carbocycles. The Balaban J connectivity index is 2.10. The number of aromatic nitrogens is 1. The first kappa shape index (κ1) is 16.9. The first-order valence-corrected chi connectivity index (χ1v) is 9.73. The van der Waals surface area contributed by atoms with Crippen molar-refractivity contribution in [1.82, 2.24) is 4.98 Å². The monoisotopic (exact) mass is 363 g/mol. The minimum atomic E-state index is -3.76. The summed E-state index contributed by atoms with van der Waals surface area (Å²) in [6, 6.07) is 8.74. The molecule has 0 unspecified atom stereocenters. The fourth-order valence-corrected chi connectivity index (χ4v) is 3.98. The average molecular weight is 363 g/mol. The van der Waals surface area contributed by atoms with Gasteiger partial charge in [0.1, 0.15) is 11.5 Å². The summed E-state index contributed by atoms with van der Waals surface area (Å²) >= 11 is 1.54. The van der Waals surface area contributed by atoms with E-state index in [0.29, 0.717) is 17.3 Å². The zero-order valence-corrected chi connectivity index (χ0v) is 15.2. The highest BCUT2D eigenvalue weighted by molar-refractivity contribution is 7.86. The highest BCUT2D eigenvalue weighted by Gasteiger charge is 2.20. The molecular formula is C17H17NO4S2. The molecule has 0 saturated heterocycles. The van der Waals surface area contributed by atoms with Gasteiger partial charge in [-0.3, -0.25) is 4.18 Å². The van der Waals surface area contributed by atoms with Crippen LogP contribution >= 0.6 is 11.3 Å². The van der Waals surface area contributed by atoms with Gasteiger partial charge in [-0.05, 0) is 49.9 Å². The number of rotatable bonds is 5. The van der Waals surface area contributed by atoms with E-state index in [2.05, 4.69) is 4.98 Å². The van der Waals surface area contributed by atoms with Crippen molar-refractivity contribution in [2.45, 2.75) is 25.7 Å². The van der Waals surface area contributed by atoms with Crippen molar-refractivity contribution in [2.24, 2.45) is 0 Å². The van der Waals surface area contributed by atoms with Crippen molar-refractivity contribution < 1.29 is 17.0 Å². The van der Waals surface area contributed by atoms with E-state index >= 15 is 0 Å². The molecule has 7 heteroatoms. The summed E-state index contributed by atoms with van der Waals surface area (Å²) in [4.78, 5) is 5.61. The molecule has 2 heterocycles. The third-order valence-electron chi connectivity index (χ3n) is 3.55. The lowest BCUT2D eigenvalue weighted by Crippen LogP contribution is -2.06. The van der Waals surface area contributed by atoms with Crippen LogP contribution in [0.4, 0.5) is 0 Å². The summed E-state index contributed by atoms with van der Waals surface area (Å²) in [5.41, 5.74) is 2.28. The van der Waals surface area contributed by atoms with Gasteiger partial charge in [-0.25, -0.2) is 4.98 Å². The number of aryl methyl sites for hydroxylation is 2. The van der Waals surface area contributed by atoms with Gasteiger partial charge in [0, 0.05) is 5.56 Å². The lowest BCUT2D eigenvalue weighted by atomic mass is 10.1. The predicted octanol–water partition coefficient (Wildman–Crippen LogP) is 4.41. The van der Waals surface area contributed by atoms with Crippen LogP contribution < -0.4 is 0 Å². The predicted molar refractivity (Wildman–Crippen MR) is 93.5 cm³/mol. The molecule has 5 nitrogen and oxygen atoms in total. The molecule has 3 rings (SSSR count). The molecule has 0 atom stereocenters. The third kappa shape index (κ3) is 3.15. The second kappa shape index (κ2) is 6.51. The van der Waals surface area contributed by atoms with Crippen LogP contribution in [0, 0.1) is 13.8 Å². The fraction of sp³-hybridized carbons (Fsp3) is 0.235. The maximum atomic E-state index is 12.1. The van der Waals surface area contributed by atoms with E-state index in [9.17, 15) is 8.42 Å². The number of thiophene rings is 1. The molecule has 0 aliphatic rings. The minimum absolute atomic E-state index is 0.0943. The van der Waals surface area contributed by atoms with Gasteiger partial charge in [0.05, 0.1) is 16.4 Å². The van der Waals surface area contributed by atoms with Gasteiger partial charge in [0.25, 0.3) is 10.1 Å². The Labute approximate surface area is 145 Å². The number of hydrogen-bond acceptors (Lipinski definition) is 6. The Kier molecular flexibility index (Phi) is 4.58. The minimum Gasteiger partial charge on any atom is -0.440 e. The van der Waals surface area contributed by atoms with Gasteiger partial charge in [-0.15, -0.1) is 11.3 Å². The molecule has 1 aromatic carbocycles. The molecule has 0 amide bonds. The Bertz CT molecular complexity index is 957. The average Bonchev–Trinajstić information content (AvgIpc) is 3.17. The molecule has 0 N–H and O–H groups in total. The summed E-state index contributed by atoms with van der Waals surface area (Å²) in [5, 5.41) is 1.95. The fourth-order valence-electron chi connectivity index (χ4n) is 2.39. The van der Waals surface area contributed by atoms with Gasteiger partial charge in [-0.2, -0.15) is 8.42 Å². The first-order valence-electron chi connectivity index (χ1n) is 7.44. The van der Waals surface area contributed by atoms with Crippen LogP contribution in [0.3, 0.4) is 0 Å². The van der Waals surface area contributed by atoms with Crippen LogP contribution in [0.5, 0.6) is 0 Å². The van der Waals surface area contributed by atoms with Crippen LogP contribution in [0.25, 0.3) is 22.0 Å². The maximum Gasteiger partial charge on any atom is 0.296 e. The topological polar surface area (TPSA) is 69.4 Å². The lowest BCUT2D eigenvalue weighted by Gasteiger charge is -2.08. The van der Waals surface area contributed by atoms with Gasteiger partial charge in [0.15, 0.2) is 0 Å². The number of hydrogen-bond donors (Lipinski definition) is 0. The number of nitrogens with zero attached hydrogens (tertiary/aromatic N) is 1. The molecular weight excluding hydrogens is 346 g/mol. The quantitative estimate of drug-likeness (QED) is 0.628. The van der Waals surface area contributed by atoms with E-state index in [1.807, 2.05) is 31.4 Å². The summed E-state index contributed by atoms with van der Waals surface area (Å²) in [6.07, 6.45) is 0. The van der Waals surface area contributed by atoms with E-state index in [0.717, 1.165) is 16.0 Å². The Morgan fingerprint density at radius 2 is 2.04 bits per heavy atom. The largest absolute Gasteiger partial charge is 0.440 e. The van der Waals surface area contributed by atoms with Crippen molar-refractivity contribution in [3.05, 3.63) is 47.0 Å². The van der Waals surface area contributed by atoms with E-state index in [4.69, 9.17) is 8.60 Å². The van der Waals surface area contributed by atoms with E-state index in [1.165, 1.54) is 11.3 Å². The zero-order valence-electron chi connectivity index (χ0n) is 13.6. The Morgan fingerprint density at radius 1 is 1.25 bits per heavy atom. The lowest BCUT2D eigenvalue weighted by molar-refractivity contribution is 0.338. The van der Waals surface area contributed by atoms with Crippen molar-refractivity contribution in [2.75, 3.05) is 6.61 Å². The normalized spacial score (nSPS) is 11.8. The SMILES string of the molecule is CCOS(=O)(=O)c1ccc(C)c(-c2nc(-c3cccs3)oc2C)c1. The van der Waals surface area contributed by atoms with Gasteiger partial charge >= 0.3 is 0 Å². The molecule has 126 valence electrons. The molecule has 0 bridgehead atoms. The molecule has 0 spiro atoms. The van der Waals surface area contributed by atoms with Crippen molar-refractivity contribution in [1.29, 1.82) is 0 Å². The van der Waals surface area contributed by atoms with Crippen molar-refractivity contribution in [3.63, 3.8) is 0 Å². The Hall–Kier alpha value is -1.96. The standard InChI is InChI=1S/C17H17NO4S2/c1-4-21-24(19,20)13-8-7-11(2)14(10-13)16-12(3)22-17(18-16)15-6-5-9-23-15/h5-10H,4H2,1-3H3. The zero-order chi connectivity index (χ0) is 17.3. The van der Waals surface area contributed by atoms with E-state index in [1.54, 1.807) is 25.1 Å². The number of benzene rings is 1. The van der Waals surface area contributed by atoms with Crippen molar-refractivity contribution in [3.8, 4) is 22.0 Å². The van der Waals surface area contributed by atoms with Gasteiger partial charge < -0.3 is 4.42 Å². The Morgan fingerprint density at radius 3 is 2.71 bits per heavy atom. The van der Waals surface area contributed by atoms with Crippen LogP contribution in [-0.4, -0.2) is 20.0 Å². The molecule has 0 fully saturated rings. The molecule has 24 heavy (non-hydrogen) atoms. The molecule has 2 aromatic heterocycles. The summed E-state index contributed by atoms with van der Waals surface area (Å²) in [6.45, 7) is 5.47. The van der Waals surface area contributed by atoms with Crippen LogP contribution in [0.1, 0.15) is 18.2 Å². The smallest absolute Gasteiger partial charge is 0.296 e.